The molecule has 1 atom stereocenters. The maximum absolute atomic E-state index is 12.6. The monoisotopic (exact) mass is 503 g/mol. The molecular weight excluding hydrogens is 473 g/mol. The number of carbonyl (C=O) groups excluding carboxylic acids is 1. The summed E-state index contributed by atoms with van der Waals surface area (Å²) in [5.74, 6) is 0.460. The number of carbonyl (C=O) groups is 1. The van der Waals surface area contributed by atoms with E-state index in [0.29, 0.717) is 12.3 Å². The minimum Gasteiger partial charge on any atom is -0.345 e. The predicted octanol–water partition coefficient (Wildman–Crippen LogP) is 4.81. The number of benzene rings is 1. The lowest BCUT2D eigenvalue weighted by Gasteiger charge is -2.36. The Balaban J connectivity index is 1.67. The van der Waals surface area contributed by atoms with Gasteiger partial charge in [0.15, 0.2) is 0 Å². The number of rotatable bonds is 5. The predicted molar refractivity (Wildman–Crippen MR) is 126 cm³/mol. The van der Waals surface area contributed by atoms with Crippen LogP contribution in [-0.4, -0.2) is 46.3 Å². The van der Waals surface area contributed by atoms with Crippen LogP contribution in [0.3, 0.4) is 0 Å². The van der Waals surface area contributed by atoms with Crippen molar-refractivity contribution in [2.75, 3.05) is 27.2 Å². The smallest absolute Gasteiger partial charge is 0.253 e. The highest BCUT2D eigenvalue weighted by Crippen LogP contribution is 2.35. The van der Waals surface area contributed by atoms with Gasteiger partial charge in [-0.25, -0.2) is 0 Å². The molecule has 2 aliphatic rings. The number of nitrogens with zero attached hydrogens (tertiary/aromatic N) is 3. The van der Waals surface area contributed by atoms with Gasteiger partial charge < -0.3 is 4.90 Å². The molecular formula is C24H30IN3O. The molecule has 5 heteroatoms. The van der Waals surface area contributed by atoms with Crippen LogP contribution in [0.25, 0.3) is 5.57 Å². The number of piperidine rings is 1. The number of amides is 1. The molecule has 154 valence electrons. The van der Waals surface area contributed by atoms with Crippen LogP contribution in [-0.2, 0) is 11.3 Å². The summed E-state index contributed by atoms with van der Waals surface area (Å²) in [7, 11) is 3.62. The first-order valence-corrected chi connectivity index (χ1v) is 11.4. The Kier molecular flexibility index (Phi) is 7.18. The molecule has 1 aliphatic heterocycles. The minimum absolute atomic E-state index is 0.0693. The summed E-state index contributed by atoms with van der Waals surface area (Å²) in [6.07, 6.45) is 8.07. The van der Waals surface area contributed by atoms with Crippen molar-refractivity contribution in [1.82, 2.24) is 9.80 Å². The van der Waals surface area contributed by atoms with Crippen LogP contribution >= 0.6 is 22.6 Å². The molecule has 0 N–H and O–H groups in total. The highest BCUT2D eigenvalue weighted by molar-refractivity contribution is 14.1. The Hall–Kier alpha value is -1.65. The lowest BCUT2D eigenvalue weighted by molar-refractivity contribution is -0.124. The van der Waals surface area contributed by atoms with Crippen LogP contribution in [0.2, 0.25) is 0 Å². The molecule has 0 spiro atoms. The Bertz CT molecular complexity index is 840. The molecule has 1 unspecified atom stereocenters. The Morgan fingerprint density at radius 3 is 2.52 bits per heavy atom. The number of nitriles is 1. The van der Waals surface area contributed by atoms with Gasteiger partial charge in [-0.15, -0.1) is 0 Å². The van der Waals surface area contributed by atoms with Crippen molar-refractivity contribution in [2.24, 2.45) is 5.92 Å². The number of hydrogen-bond acceptors (Lipinski definition) is 3. The second-order valence-corrected chi connectivity index (χ2v) is 10.9. The number of hydrogen-bond donors (Lipinski definition) is 0. The van der Waals surface area contributed by atoms with E-state index in [1.54, 1.807) is 4.90 Å². The zero-order valence-electron chi connectivity index (χ0n) is 17.6. The summed E-state index contributed by atoms with van der Waals surface area (Å²) in [5, 5.41) is 9.02. The highest BCUT2D eigenvalue weighted by atomic mass is 127. The van der Waals surface area contributed by atoms with Crippen LogP contribution < -0.4 is 0 Å². The lowest BCUT2D eigenvalue weighted by Crippen LogP contribution is -2.40. The Morgan fingerprint density at radius 2 is 1.93 bits per heavy atom. The largest absolute Gasteiger partial charge is 0.345 e. The fourth-order valence-corrected chi connectivity index (χ4v) is 4.69. The molecule has 1 aliphatic carbocycles. The first-order valence-electron chi connectivity index (χ1n) is 10.3. The second kappa shape index (κ2) is 9.44. The highest BCUT2D eigenvalue weighted by Gasteiger charge is 2.31. The van der Waals surface area contributed by atoms with Gasteiger partial charge >= 0.3 is 0 Å². The third-order valence-corrected chi connectivity index (χ3v) is 7.35. The zero-order chi connectivity index (χ0) is 21.0. The Labute approximate surface area is 188 Å². The number of likely N-dealkylation sites (N-methyl/N-ethyl adjacent to an activating group) is 1. The van der Waals surface area contributed by atoms with E-state index in [1.165, 1.54) is 5.56 Å². The van der Waals surface area contributed by atoms with Crippen LogP contribution in [0, 0.1) is 17.2 Å². The SMILES string of the molecule is CC1C=C(C(=O)N(C)C)C(c2ccc(CN3CCC(I)(CC#N)CC3)cc2)=CC1. The summed E-state index contributed by atoms with van der Waals surface area (Å²) in [4.78, 5) is 16.8. The fourth-order valence-electron chi connectivity index (χ4n) is 4.04. The van der Waals surface area contributed by atoms with E-state index >= 15 is 0 Å². The van der Waals surface area contributed by atoms with Gasteiger partial charge in [0.1, 0.15) is 0 Å². The quantitative estimate of drug-likeness (QED) is 0.428. The summed E-state index contributed by atoms with van der Waals surface area (Å²) >= 11 is 2.48. The standard InChI is InChI=1S/C24H30IN3O/c1-18-4-9-21(22(16-18)23(29)27(2)3)20-7-5-19(6-8-20)17-28-14-11-24(25,10-13-26)12-15-28/h5-9,16,18H,4,10-12,14-15,17H2,1-3H3. The first-order chi connectivity index (χ1) is 13.8. The van der Waals surface area contributed by atoms with E-state index in [1.807, 2.05) is 14.1 Å². The number of likely N-dealkylation sites (tertiary alicyclic amines) is 1. The molecule has 1 aromatic carbocycles. The zero-order valence-corrected chi connectivity index (χ0v) is 19.8. The van der Waals surface area contributed by atoms with Gasteiger partial charge in [0.25, 0.3) is 5.91 Å². The molecule has 1 amide bonds. The van der Waals surface area contributed by atoms with Crippen LogP contribution in [0.1, 0.15) is 43.7 Å². The Morgan fingerprint density at radius 1 is 1.28 bits per heavy atom. The number of alkyl halides is 1. The molecule has 1 heterocycles. The van der Waals surface area contributed by atoms with Gasteiger partial charge in [0, 0.05) is 36.1 Å². The molecule has 0 aromatic heterocycles. The van der Waals surface area contributed by atoms with E-state index < -0.39 is 0 Å². The molecule has 0 saturated carbocycles. The van der Waals surface area contributed by atoms with Crippen molar-refractivity contribution in [3.8, 4) is 6.07 Å². The topological polar surface area (TPSA) is 47.3 Å². The van der Waals surface area contributed by atoms with Gasteiger partial charge in [-0.2, -0.15) is 5.26 Å². The third kappa shape index (κ3) is 5.49. The van der Waals surface area contributed by atoms with E-state index in [-0.39, 0.29) is 9.33 Å². The van der Waals surface area contributed by atoms with Crippen LogP contribution in [0.5, 0.6) is 0 Å². The van der Waals surface area contributed by atoms with Gasteiger partial charge in [0.05, 0.1) is 6.07 Å². The molecule has 4 nitrogen and oxygen atoms in total. The molecule has 1 aromatic rings. The van der Waals surface area contributed by atoms with E-state index in [0.717, 1.165) is 55.6 Å². The maximum atomic E-state index is 12.6. The first kappa shape index (κ1) is 22.0. The average molecular weight is 503 g/mol. The molecule has 29 heavy (non-hydrogen) atoms. The summed E-state index contributed by atoms with van der Waals surface area (Å²) in [5.41, 5.74) is 4.27. The number of halogens is 1. The van der Waals surface area contributed by atoms with Crippen molar-refractivity contribution in [2.45, 2.75) is 42.6 Å². The van der Waals surface area contributed by atoms with Crippen molar-refractivity contribution in [3.63, 3.8) is 0 Å². The van der Waals surface area contributed by atoms with E-state index in [4.69, 9.17) is 5.26 Å². The third-order valence-electron chi connectivity index (χ3n) is 5.89. The molecule has 0 radical (unpaired) electrons. The summed E-state index contributed by atoms with van der Waals surface area (Å²) in [6.45, 7) is 5.17. The minimum atomic E-state index is 0.0693. The molecule has 3 rings (SSSR count). The summed E-state index contributed by atoms with van der Waals surface area (Å²) < 4.78 is 0.152. The number of allylic oxidation sites excluding steroid dienone is 2. The maximum Gasteiger partial charge on any atom is 0.253 e. The van der Waals surface area contributed by atoms with Crippen molar-refractivity contribution in [3.05, 3.63) is 53.1 Å². The fraction of sp³-hybridized carbons (Fsp3) is 0.500. The van der Waals surface area contributed by atoms with Gasteiger partial charge in [-0.1, -0.05) is 65.9 Å². The molecule has 1 saturated heterocycles. The van der Waals surface area contributed by atoms with Crippen LogP contribution in [0.15, 0.2) is 42.0 Å². The molecule has 1 fully saturated rings. The second-order valence-electron chi connectivity index (χ2n) is 8.57. The van der Waals surface area contributed by atoms with Crippen molar-refractivity contribution >= 4 is 34.1 Å². The summed E-state index contributed by atoms with van der Waals surface area (Å²) in [6, 6.07) is 11.0. The van der Waals surface area contributed by atoms with Gasteiger partial charge in [-0.3, -0.25) is 9.69 Å². The normalized spacial score (nSPS) is 21.7. The van der Waals surface area contributed by atoms with Gasteiger partial charge in [-0.05, 0) is 55.0 Å². The van der Waals surface area contributed by atoms with Gasteiger partial charge in [0.2, 0.25) is 0 Å². The lowest BCUT2D eigenvalue weighted by atomic mass is 9.86. The van der Waals surface area contributed by atoms with E-state index in [9.17, 15) is 4.79 Å². The average Bonchev–Trinajstić information content (AvgIpc) is 2.70. The van der Waals surface area contributed by atoms with Crippen molar-refractivity contribution < 1.29 is 4.79 Å². The van der Waals surface area contributed by atoms with Crippen molar-refractivity contribution in [1.29, 1.82) is 5.26 Å². The molecule has 0 bridgehead atoms. The van der Waals surface area contributed by atoms with E-state index in [2.05, 4.69) is 76.9 Å². The van der Waals surface area contributed by atoms with Crippen LogP contribution in [0.4, 0.5) is 0 Å².